The van der Waals surface area contributed by atoms with Crippen LogP contribution in [0.4, 0.5) is 0 Å². The highest BCUT2D eigenvalue weighted by Crippen LogP contribution is 2.27. The molecule has 0 unspecified atom stereocenters. The molecule has 18 heavy (non-hydrogen) atoms. The van der Waals surface area contributed by atoms with Crippen LogP contribution >= 0.6 is 11.8 Å². The predicted octanol–water partition coefficient (Wildman–Crippen LogP) is 0.942. The smallest absolute Gasteiger partial charge is 0.209 e. The lowest BCUT2D eigenvalue weighted by molar-refractivity contribution is 0.0999. The van der Waals surface area contributed by atoms with E-state index in [0.29, 0.717) is 11.3 Å². The second-order valence-electron chi connectivity index (χ2n) is 4.72. The first-order valence-electron chi connectivity index (χ1n) is 6.49. The van der Waals surface area contributed by atoms with Crippen molar-refractivity contribution in [2.45, 2.75) is 49.7 Å². The first-order chi connectivity index (χ1) is 8.75. The average molecular weight is 271 g/mol. The highest BCUT2D eigenvalue weighted by molar-refractivity contribution is 7.99. The van der Waals surface area contributed by atoms with Gasteiger partial charge < -0.3 is 10.1 Å². The summed E-state index contributed by atoms with van der Waals surface area (Å²) in [7, 11) is 0. The number of aromatic nitrogens is 4. The van der Waals surface area contributed by atoms with Crippen molar-refractivity contribution < 1.29 is 4.74 Å². The van der Waals surface area contributed by atoms with Gasteiger partial charge in [0.05, 0.1) is 6.54 Å². The number of ether oxygens (including phenoxy) is 1. The lowest BCUT2D eigenvalue weighted by Crippen LogP contribution is -2.27. The highest BCUT2D eigenvalue weighted by atomic mass is 32.2. The van der Waals surface area contributed by atoms with Crippen LogP contribution in [0, 0.1) is 0 Å². The summed E-state index contributed by atoms with van der Waals surface area (Å²) in [5.41, 5.74) is 0. The third kappa shape index (κ3) is 4.22. The molecule has 0 bridgehead atoms. The van der Waals surface area contributed by atoms with Crippen molar-refractivity contribution in [2.24, 2.45) is 0 Å². The fourth-order valence-corrected chi connectivity index (χ4v) is 2.88. The second kappa shape index (κ2) is 7.06. The molecule has 0 spiro atoms. The third-order valence-electron chi connectivity index (χ3n) is 2.82. The van der Waals surface area contributed by atoms with Crippen LogP contribution in [0.15, 0.2) is 5.16 Å². The van der Waals surface area contributed by atoms with Gasteiger partial charge in [-0.3, -0.25) is 0 Å². The third-order valence-corrected chi connectivity index (χ3v) is 4.12. The molecule has 0 radical (unpaired) electrons. The van der Waals surface area contributed by atoms with Gasteiger partial charge in [-0.2, -0.15) is 0 Å². The van der Waals surface area contributed by atoms with Crippen LogP contribution in [0.3, 0.4) is 0 Å². The van der Waals surface area contributed by atoms with E-state index in [2.05, 4.69) is 34.7 Å². The predicted molar refractivity (Wildman–Crippen MR) is 70.7 cm³/mol. The molecule has 102 valence electrons. The summed E-state index contributed by atoms with van der Waals surface area (Å²) < 4.78 is 7.24. The SMILES string of the molecule is CC(C)NCCn1nnnc1SC1CCOCC1. The summed E-state index contributed by atoms with van der Waals surface area (Å²) in [5.74, 6) is 0. The van der Waals surface area contributed by atoms with Gasteiger partial charge >= 0.3 is 0 Å². The largest absolute Gasteiger partial charge is 0.381 e. The van der Waals surface area contributed by atoms with E-state index < -0.39 is 0 Å². The molecule has 2 rings (SSSR count). The summed E-state index contributed by atoms with van der Waals surface area (Å²) in [4.78, 5) is 0. The van der Waals surface area contributed by atoms with Crippen LogP contribution in [0.25, 0.3) is 0 Å². The van der Waals surface area contributed by atoms with Gasteiger partial charge in [-0.25, -0.2) is 4.68 Å². The van der Waals surface area contributed by atoms with E-state index in [1.807, 2.05) is 4.68 Å². The maximum atomic E-state index is 5.36. The normalized spacial score (nSPS) is 17.5. The van der Waals surface area contributed by atoms with Crippen LogP contribution in [-0.2, 0) is 11.3 Å². The van der Waals surface area contributed by atoms with Gasteiger partial charge in [0, 0.05) is 31.1 Å². The molecule has 0 aromatic carbocycles. The van der Waals surface area contributed by atoms with Crippen molar-refractivity contribution in [3.05, 3.63) is 0 Å². The zero-order valence-electron chi connectivity index (χ0n) is 11.0. The summed E-state index contributed by atoms with van der Waals surface area (Å²) in [6.45, 7) is 7.69. The van der Waals surface area contributed by atoms with E-state index in [1.54, 1.807) is 11.8 Å². The van der Waals surface area contributed by atoms with Crippen LogP contribution in [0.1, 0.15) is 26.7 Å². The number of thioether (sulfide) groups is 1. The monoisotopic (exact) mass is 271 g/mol. The summed E-state index contributed by atoms with van der Waals surface area (Å²) in [5, 5.41) is 16.8. The van der Waals surface area contributed by atoms with Gasteiger partial charge in [0.15, 0.2) is 0 Å². The van der Waals surface area contributed by atoms with Gasteiger partial charge in [-0.1, -0.05) is 25.6 Å². The fourth-order valence-electron chi connectivity index (χ4n) is 1.82. The minimum atomic E-state index is 0.494. The maximum Gasteiger partial charge on any atom is 0.209 e. The summed E-state index contributed by atoms with van der Waals surface area (Å²) in [6, 6.07) is 0.494. The standard InChI is InChI=1S/C11H21N5OS/c1-9(2)12-5-6-16-11(13-14-15-16)18-10-3-7-17-8-4-10/h9-10,12H,3-8H2,1-2H3. The molecule has 1 fully saturated rings. The molecule has 0 amide bonds. The van der Waals surface area contributed by atoms with Gasteiger partial charge in [0.1, 0.15) is 0 Å². The Morgan fingerprint density at radius 2 is 2.22 bits per heavy atom. The van der Waals surface area contributed by atoms with Crippen LogP contribution in [0.5, 0.6) is 0 Å². The van der Waals surface area contributed by atoms with E-state index in [-0.39, 0.29) is 0 Å². The van der Waals surface area contributed by atoms with Gasteiger partial charge in [0.25, 0.3) is 0 Å². The Balaban J connectivity index is 1.82. The molecule has 1 aromatic rings. The van der Waals surface area contributed by atoms with Crippen LogP contribution < -0.4 is 5.32 Å². The van der Waals surface area contributed by atoms with Gasteiger partial charge in [-0.05, 0) is 23.3 Å². The Hall–Kier alpha value is -0.660. The minimum absolute atomic E-state index is 0.494. The topological polar surface area (TPSA) is 64.9 Å². The Morgan fingerprint density at radius 3 is 2.94 bits per heavy atom. The van der Waals surface area contributed by atoms with Crippen molar-refractivity contribution in [1.82, 2.24) is 25.5 Å². The van der Waals surface area contributed by atoms with Crippen LogP contribution in [-0.4, -0.2) is 51.3 Å². The van der Waals surface area contributed by atoms with Crippen molar-refractivity contribution in [3.63, 3.8) is 0 Å². The molecule has 1 aromatic heterocycles. The van der Waals surface area contributed by atoms with Crippen molar-refractivity contribution in [3.8, 4) is 0 Å². The molecule has 1 N–H and O–H groups in total. The number of hydrogen-bond acceptors (Lipinski definition) is 6. The van der Waals surface area contributed by atoms with E-state index >= 15 is 0 Å². The molecule has 1 saturated heterocycles. The summed E-state index contributed by atoms with van der Waals surface area (Å²) in [6.07, 6.45) is 2.17. The zero-order valence-corrected chi connectivity index (χ0v) is 11.8. The number of rotatable bonds is 6. The highest BCUT2D eigenvalue weighted by Gasteiger charge is 2.18. The first-order valence-corrected chi connectivity index (χ1v) is 7.37. The number of tetrazole rings is 1. The van der Waals surface area contributed by atoms with Crippen molar-refractivity contribution in [2.75, 3.05) is 19.8 Å². The molecular weight excluding hydrogens is 250 g/mol. The van der Waals surface area contributed by atoms with E-state index in [4.69, 9.17) is 4.74 Å². The van der Waals surface area contributed by atoms with Gasteiger partial charge in [0.2, 0.25) is 5.16 Å². The lowest BCUT2D eigenvalue weighted by Gasteiger charge is -2.20. The van der Waals surface area contributed by atoms with E-state index in [9.17, 15) is 0 Å². The molecule has 1 aliphatic rings. The molecule has 0 aliphatic carbocycles. The minimum Gasteiger partial charge on any atom is -0.381 e. The Labute approximate surface area is 112 Å². The fraction of sp³-hybridized carbons (Fsp3) is 0.909. The number of nitrogens with one attached hydrogen (secondary N) is 1. The van der Waals surface area contributed by atoms with E-state index in [0.717, 1.165) is 44.3 Å². The summed E-state index contributed by atoms with van der Waals surface area (Å²) >= 11 is 1.78. The maximum absolute atomic E-state index is 5.36. The quantitative estimate of drug-likeness (QED) is 0.831. The molecule has 7 heteroatoms. The van der Waals surface area contributed by atoms with Crippen molar-refractivity contribution >= 4 is 11.8 Å². The number of nitrogens with zero attached hydrogens (tertiary/aromatic N) is 4. The van der Waals surface area contributed by atoms with Crippen molar-refractivity contribution in [1.29, 1.82) is 0 Å². The molecule has 0 saturated carbocycles. The Bertz CT molecular complexity index is 351. The number of hydrogen-bond donors (Lipinski definition) is 1. The second-order valence-corrected chi connectivity index (χ2v) is 5.99. The first kappa shape index (κ1) is 13.8. The lowest BCUT2D eigenvalue weighted by atomic mass is 10.2. The molecule has 1 aliphatic heterocycles. The van der Waals surface area contributed by atoms with Crippen LogP contribution in [0.2, 0.25) is 0 Å². The average Bonchev–Trinajstić information content (AvgIpc) is 2.78. The molecule has 0 atom stereocenters. The van der Waals surface area contributed by atoms with Gasteiger partial charge in [-0.15, -0.1) is 5.10 Å². The van der Waals surface area contributed by atoms with E-state index in [1.165, 1.54) is 0 Å². The zero-order chi connectivity index (χ0) is 12.8. The molecule has 6 nitrogen and oxygen atoms in total. The molecule has 2 heterocycles. The Kier molecular flexibility index (Phi) is 5.40. The Morgan fingerprint density at radius 1 is 1.44 bits per heavy atom. The molecular formula is C11H21N5OS.